The van der Waals surface area contributed by atoms with Crippen molar-refractivity contribution in [2.24, 2.45) is 5.41 Å². The molecule has 4 heteroatoms. The number of hydrogen-bond acceptors (Lipinski definition) is 2. The molecule has 2 atom stereocenters. The van der Waals surface area contributed by atoms with Crippen molar-refractivity contribution < 1.29 is 5.11 Å². The van der Waals surface area contributed by atoms with Crippen LogP contribution in [0.1, 0.15) is 37.7 Å². The molecule has 0 radical (unpaired) electrons. The number of nitrogens with zero attached hydrogens (tertiary/aromatic N) is 1. The van der Waals surface area contributed by atoms with E-state index in [1.54, 1.807) is 0 Å². The van der Waals surface area contributed by atoms with E-state index in [0.29, 0.717) is 10.0 Å². The second kappa shape index (κ2) is 5.84. The summed E-state index contributed by atoms with van der Waals surface area (Å²) >= 11 is 12.0. The fraction of sp³-hybridized carbons (Fsp3) is 0.625. The topological polar surface area (TPSA) is 23.5 Å². The Balaban J connectivity index is 1.69. The summed E-state index contributed by atoms with van der Waals surface area (Å²) in [6.07, 6.45) is 5.55. The zero-order chi connectivity index (χ0) is 14.2. The van der Waals surface area contributed by atoms with E-state index >= 15 is 0 Å². The first-order valence-corrected chi connectivity index (χ1v) is 8.19. The minimum atomic E-state index is -0.112. The van der Waals surface area contributed by atoms with Gasteiger partial charge in [0, 0.05) is 18.5 Å². The van der Waals surface area contributed by atoms with Crippen LogP contribution in [0.4, 0.5) is 0 Å². The molecule has 2 fully saturated rings. The molecule has 1 aliphatic carbocycles. The fourth-order valence-corrected chi connectivity index (χ4v) is 4.21. The summed E-state index contributed by atoms with van der Waals surface area (Å²) < 4.78 is 0. The first kappa shape index (κ1) is 14.6. The number of likely N-dealkylation sites (tertiary alicyclic amines) is 1. The summed E-state index contributed by atoms with van der Waals surface area (Å²) in [5.74, 6) is 0. The van der Waals surface area contributed by atoms with Crippen LogP contribution >= 0.6 is 23.2 Å². The van der Waals surface area contributed by atoms with Crippen LogP contribution in [0.15, 0.2) is 18.2 Å². The highest BCUT2D eigenvalue weighted by atomic mass is 35.5. The smallest absolute Gasteiger partial charge is 0.0608 e. The van der Waals surface area contributed by atoms with Gasteiger partial charge in [-0.15, -0.1) is 0 Å². The molecule has 1 aromatic rings. The molecule has 1 heterocycles. The van der Waals surface area contributed by atoms with E-state index in [-0.39, 0.29) is 11.5 Å². The molecular weight excluding hydrogens is 293 g/mol. The molecule has 0 unspecified atom stereocenters. The lowest BCUT2D eigenvalue weighted by Gasteiger charge is -2.42. The van der Waals surface area contributed by atoms with Crippen molar-refractivity contribution in [2.75, 3.05) is 13.1 Å². The second-order valence-electron chi connectivity index (χ2n) is 6.33. The first-order valence-electron chi connectivity index (χ1n) is 7.43. The van der Waals surface area contributed by atoms with Gasteiger partial charge in [0.2, 0.25) is 0 Å². The molecule has 0 amide bonds. The maximum absolute atomic E-state index is 10.3. The Morgan fingerprint density at radius 3 is 2.70 bits per heavy atom. The Bertz CT molecular complexity index is 493. The Morgan fingerprint density at radius 1 is 1.20 bits per heavy atom. The van der Waals surface area contributed by atoms with E-state index in [1.165, 1.54) is 31.2 Å². The molecule has 1 saturated carbocycles. The molecule has 1 spiro atoms. The maximum Gasteiger partial charge on any atom is 0.0608 e. The molecule has 1 saturated heterocycles. The minimum absolute atomic E-state index is 0.112. The minimum Gasteiger partial charge on any atom is -0.393 e. The van der Waals surface area contributed by atoms with Crippen molar-refractivity contribution in [3.8, 4) is 0 Å². The Morgan fingerprint density at radius 2 is 2.00 bits per heavy atom. The Hall–Kier alpha value is -0.280. The number of benzene rings is 1. The third-order valence-corrected chi connectivity index (χ3v) is 5.68. The molecule has 0 bridgehead atoms. The quantitative estimate of drug-likeness (QED) is 0.887. The van der Waals surface area contributed by atoms with Gasteiger partial charge in [-0.05, 0) is 49.9 Å². The van der Waals surface area contributed by atoms with Crippen LogP contribution in [0, 0.1) is 5.41 Å². The molecule has 3 rings (SSSR count). The van der Waals surface area contributed by atoms with Crippen molar-refractivity contribution in [3.05, 3.63) is 33.8 Å². The predicted octanol–water partition coefficient (Wildman–Crippen LogP) is 4.12. The number of hydrogen-bond donors (Lipinski definition) is 1. The molecule has 0 aromatic heterocycles. The van der Waals surface area contributed by atoms with Crippen molar-refractivity contribution in [2.45, 2.75) is 44.8 Å². The van der Waals surface area contributed by atoms with Crippen molar-refractivity contribution in [3.63, 3.8) is 0 Å². The lowest BCUT2D eigenvalue weighted by Crippen LogP contribution is -2.46. The Labute approximate surface area is 130 Å². The zero-order valence-corrected chi connectivity index (χ0v) is 13.1. The largest absolute Gasteiger partial charge is 0.393 e. The van der Waals surface area contributed by atoms with Gasteiger partial charge in [0.1, 0.15) is 0 Å². The molecule has 1 aliphatic heterocycles. The molecule has 110 valence electrons. The predicted molar refractivity (Wildman–Crippen MR) is 83.3 cm³/mol. The van der Waals surface area contributed by atoms with Gasteiger partial charge < -0.3 is 5.11 Å². The average molecular weight is 314 g/mol. The molecule has 1 N–H and O–H groups in total. The van der Waals surface area contributed by atoms with E-state index in [9.17, 15) is 5.11 Å². The average Bonchev–Trinajstić information content (AvgIpc) is 2.75. The number of halogens is 2. The van der Waals surface area contributed by atoms with Crippen molar-refractivity contribution in [1.29, 1.82) is 0 Å². The summed E-state index contributed by atoms with van der Waals surface area (Å²) in [6, 6.07) is 5.86. The molecular formula is C16H21Cl2NO. The van der Waals surface area contributed by atoms with E-state index in [0.717, 1.165) is 26.1 Å². The summed E-state index contributed by atoms with van der Waals surface area (Å²) in [6.45, 7) is 3.01. The van der Waals surface area contributed by atoms with Crippen LogP contribution in [0.25, 0.3) is 0 Å². The van der Waals surface area contributed by atoms with Gasteiger partial charge in [-0.25, -0.2) is 0 Å². The van der Waals surface area contributed by atoms with E-state index in [4.69, 9.17) is 23.2 Å². The van der Waals surface area contributed by atoms with Crippen molar-refractivity contribution in [1.82, 2.24) is 4.90 Å². The van der Waals surface area contributed by atoms with Crippen LogP contribution in [0.2, 0.25) is 10.0 Å². The summed E-state index contributed by atoms with van der Waals surface area (Å²) in [4.78, 5) is 2.46. The molecule has 2 aliphatic rings. The zero-order valence-electron chi connectivity index (χ0n) is 11.6. The molecule has 2 nitrogen and oxygen atoms in total. The normalized spacial score (nSPS) is 31.1. The van der Waals surface area contributed by atoms with Gasteiger partial charge in [-0.1, -0.05) is 35.7 Å². The number of aliphatic hydroxyl groups excluding tert-OH is 1. The first-order chi connectivity index (χ1) is 9.59. The highest BCUT2D eigenvalue weighted by molar-refractivity contribution is 6.42. The van der Waals surface area contributed by atoms with Crippen LogP contribution in [0.5, 0.6) is 0 Å². The van der Waals surface area contributed by atoms with Crippen molar-refractivity contribution >= 4 is 23.2 Å². The number of aliphatic hydroxyl groups is 1. The van der Waals surface area contributed by atoms with Gasteiger partial charge in [0.05, 0.1) is 16.1 Å². The summed E-state index contributed by atoms with van der Waals surface area (Å²) in [7, 11) is 0. The molecule has 20 heavy (non-hydrogen) atoms. The van der Waals surface area contributed by atoms with Gasteiger partial charge in [-0.3, -0.25) is 4.90 Å². The third kappa shape index (κ3) is 2.85. The van der Waals surface area contributed by atoms with Gasteiger partial charge in [0.15, 0.2) is 0 Å². The lowest BCUT2D eigenvalue weighted by atomic mass is 9.76. The van der Waals surface area contributed by atoms with Crippen LogP contribution in [0.3, 0.4) is 0 Å². The highest BCUT2D eigenvalue weighted by Crippen LogP contribution is 2.45. The monoisotopic (exact) mass is 313 g/mol. The highest BCUT2D eigenvalue weighted by Gasteiger charge is 2.44. The van der Waals surface area contributed by atoms with Crippen LogP contribution in [-0.4, -0.2) is 29.2 Å². The third-order valence-electron chi connectivity index (χ3n) is 4.94. The fourth-order valence-electron chi connectivity index (χ4n) is 3.89. The van der Waals surface area contributed by atoms with Gasteiger partial charge in [-0.2, -0.15) is 0 Å². The summed E-state index contributed by atoms with van der Waals surface area (Å²) in [5, 5.41) is 11.5. The van der Waals surface area contributed by atoms with Gasteiger partial charge >= 0.3 is 0 Å². The number of rotatable bonds is 2. The van der Waals surface area contributed by atoms with E-state index < -0.39 is 0 Å². The molecule has 1 aromatic carbocycles. The lowest BCUT2D eigenvalue weighted by molar-refractivity contribution is -0.0120. The summed E-state index contributed by atoms with van der Waals surface area (Å²) in [5.41, 5.74) is 1.35. The maximum atomic E-state index is 10.3. The number of piperidine rings is 1. The standard InChI is InChI=1S/C16H21Cl2NO/c17-13-5-4-12(9-14(13)18)10-19-8-2-7-16(11-19)6-1-3-15(16)20/h4-5,9,15,20H,1-3,6-8,10-11H2/t15-,16+/m1/s1. The van der Waals surface area contributed by atoms with E-state index in [1.807, 2.05) is 18.2 Å². The van der Waals surface area contributed by atoms with Crippen LogP contribution in [-0.2, 0) is 6.54 Å². The van der Waals surface area contributed by atoms with E-state index in [2.05, 4.69) is 4.90 Å². The second-order valence-corrected chi connectivity index (χ2v) is 7.15. The van der Waals surface area contributed by atoms with Gasteiger partial charge in [0.25, 0.3) is 0 Å². The van der Waals surface area contributed by atoms with Crippen LogP contribution < -0.4 is 0 Å². The SMILES string of the molecule is O[C@@H]1CCC[C@@]12CCCN(Cc1ccc(Cl)c(Cl)c1)C2. The Kier molecular flexibility index (Phi) is 4.28.